The first-order chi connectivity index (χ1) is 18.0. The van der Waals surface area contributed by atoms with Gasteiger partial charge >= 0.3 is 0 Å². The second-order valence-electron chi connectivity index (χ2n) is 9.63. The molecule has 1 aliphatic rings. The van der Waals surface area contributed by atoms with Crippen molar-refractivity contribution in [1.29, 1.82) is 0 Å². The van der Waals surface area contributed by atoms with Gasteiger partial charge in [0, 0.05) is 23.2 Å². The number of fused-ring (bicyclic) bond motifs is 2. The Morgan fingerprint density at radius 3 is 1.32 bits per heavy atom. The predicted octanol–water partition coefficient (Wildman–Crippen LogP) is 7.28. The summed E-state index contributed by atoms with van der Waals surface area (Å²) in [7, 11) is 0. The largest absolute Gasteiger partial charge is 0.507 e. The molecular weight excluding hydrogens is 456 g/mol. The molecule has 5 aromatic rings. The average molecular weight is 493 g/mol. The highest BCUT2D eigenvalue weighted by Crippen LogP contribution is 2.44. The quantitative estimate of drug-likeness (QED) is 0.198. The van der Waals surface area contributed by atoms with Crippen molar-refractivity contribution >= 4 is 21.5 Å². The highest BCUT2D eigenvalue weighted by Gasteiger charge is 2.17. The van der Waals surface area contributed by atoms with Gasteiger partial charge in [-0.25, -0.2) is 0 Å². The van der Waals surface area contributed by atoms with Gasteiger partial charge in [0.05, 0.1) is 0 Å². The molecule has 0 bridgehead atoms. The van der Waals surface area contributed by atoms with Gasteiger partial charge in [0.2, 0.25) is 0 Å². The summed E-state index contributed by atoms with van der Waals surface area (Å²) in [5, 5.41) is 24.8. The maximum atomic E-state index is 10.4. The zero-order valence-corrected chi connectivity index (χ0v) is 21.3. The Morgan fingerprint density at radius 1 is 0.541 bits per heavy atom. The molecule has 6 N–H and O–H groups in total. The van der Waals surface area contributed by atoms with E-state index in [-0.39, 0.29) is 23.6 Å². The monoisotopic (exact) mass is 492 g/mol. The van der Waals surface area contributed by atoms with Gasteiger partial charge in [-0.15, -0.1) is 0 Å². The van der Waals surface area contributed by atoms with Crippen molar-refractivity contribution in [3.63, 3.8) is 0 Å². The van der Waals surface area contributed by atoms with Crippen LogP contribution in [0.1, 0.15) is 31.2 Å². The van der Waals surface area contributed by atoms with Gasteiger partial charge in [-0.1, -0.05) is 109 Å². The fourth-order valence-corrected chi connectivity index (χ4v) is 4.77. The smallest absolute Gasteiger partial charge is 0.124 e. The Hall–Kier alpha value is -3.86. The molecule has 1 saturated carbocycles. The molecule has 0 unspecified atom stereocenters. The van der Waals surface area contributed by atoms with Crippen LogP contribution >= 0.6 is 0 Å². The maximum Gasteiger partial charge on any atom is 0.124 e. The number of phenols is 2. The third-order valence-electron chi connectivity index (χ3n) is 6.88. The van der Waals surface area contributed by atoms with Gasteiger partial charge < -0.3 is 21.7 Å². The third kappa shape index (κ3) is 6.48. The van der Waals surface area contributed by atoms with Gasteiger partial charge in [-0.2, -0.15) is 0 Å². The molecule has 6 rings (SSSR count). The van der Waals surface area contributed by atoms with Crippen LogP contribution in [0.25, 0.3) is 32.7 Å². The van der Waals surface area contributed by atoms with E-state index in [0.29, 0.717) is 11.1 Å². The van der Waals surface area contributed by atoms with Gasteiger partial charge in [-0.05, 0) is 53.4 Å². The van der Waals surface area contributed by atoms with Gasteiger partial charge in [0.25, 0.3) is 0 Å². The molecule has 2 atom stereocenters. The predicted molar refractivity (Wildman–Crippen MR) is 156 cm³/mol. The molecule has 0 aromatic heterocycles. The highest BCUT2D eigenvalue weighted by atomic mass is 16.3. The zero-order chi connectivity index (χ0) is 26.2. The topological polar surface area (TPSA) is 92.5 Å². The molecule has 5 aromatic carbocycles. The summed E-state index contributed by atoms with van der Waals surface area (Å²) in [6.45, 7) is 2.08. The van der Waals surface area contributed by atoms with Crippen molar-refractivity contribution < 1.29 is 10.2 Å². The van der Waals surface area contributed by atoms with E-state index in [4.69, 9.17) is 11.5 Å². The molecule has 37 heavy (non-hydrogen) atoms. The summed E-state index contributed by atoms with van der Waals surface area (Å²) in [4.78, 5) is 0. The Bertz CT molecular complexity index is 1360. The van der Waals surface area contributed by atoms with E-state index in [1.807, 2.05) is 78.9 Å². The van der Waals surface area contributed by atoms with E-state index in [9.17, 15) is 10.2 Å². The van der Waals surface area contributed by atoms with Crippen molar-refractivity contribution in [3.8, 4) is 22.6 Å². The summed E-state index contributed by atoms with van der Waals surface area (Å²) in [5.41, 5.74) is 14.0. The van der Waals surface area contributed by atoms with Crippen molar-refractivity contribution in [2.75, 3.05) is 0 Å². The minimum atomic E-state index is 0.172. The first-order valence-corrected chi connectivity index (χ1v) is 12.9. The second kappa shape index (κ2) is 12.4. The number of hydrogen-bond acceptors (Lipinski definition) is 4. The van der Waals surface area contributed by atoms with Crippen LogP contribution in [-0.4, -0.2) is 22.3 Å². The van der Waals surface area contributed by atoms with Crippen LogP contribution < -0.4 is 11.5 Å². The molecule has 0 spiro atoms. The fourth-order valence-electron chi connectivity index (χ4n) is 4.77. The number of hydrogen-bond donors (Lipinski definition) is 4. The molecule has 0 heterocycles. The lowest BCUT2D eigenvalue weighted by molar-refractivity contribution is 0.385. The summed E-state index contributed by atoms with van der Waals surface area (Å²) in [5.74, 6) is 0.343. The minimum absolute atomic E-state index is 0.172. The average Bonchev–Trinajstić information content (AvgIpc) is 2.92. The lowest BCUT2D eigenvalue weighted by Crippen LogP contribution is -2.43. The number of benzene rings is 5. The van der Waals surface area contributed by atoms with Crippen molar-refractivity contribution in [2.45, 2.75) is 44.7 Å². The van der Waals surface area contributed by atoms with E-state index in [0.717, 1.165) is 34.4 Å². The van der Waals surface area contributed by atoms with Crippen molar-refractivity contribution in [3.05, 3.63) is 109 Å². The number of aryl methyl sites for hydroxylation is 1. The van der Waals surface area contributed by atoms with E-state index >= 15 is 0 Å². The van der Waals surface area contributed by atoms with Gasteiger partial charge in [0.1, 0.15) is 11.5 Å². The van der Waals surface area contributed by atoms with Crippen molar-refractivity contribution in [2.24, 2.45) is 11.5 Å². The van der Waals surface area contributed by atoms with E-state index in [1.165, 1.54) is 18.4 Å². The molecule has 190 valence electrons. The van der Waals surface area contributed by atoms with Crippen LogP contribution in [0.4, 0.5) is 0 Å². The van der Waals surface area contributed by atoms with Crippen LogP contribution in [0.2, 0.25) is 0 Å². The number of phenolic OH excluding ortho intramolecular Hbond substituents is 2. The van der Waals surface area contributed by atoms with Crippen LogP contribution in [0, 0.1) is 6.92 Å². The van der Waals surface area contributed by atoms with Gasteiger partial charge in [0.15, 0.2) is 0 Å². The first kappa shape index (κ1) is 26.2. The molecule has 0 aliphatic heterocycles. The summed E-state index contributed by atoms with van der Waals surface area (Å²) < 4.78 is 0. The number of nitrogens with two attached hydrogens (primary N) is 2. The van der Waals surface area contributed by atoms with E-state index < -0.39 is 0 Å². The molecule has 4 heteroatoms. The van der Waals surface area contributed by atoms with Crippen LogP contribution in [0.5, 0.6) is 11.5 Å². The van der Waals surface area contributed by atoms with E-state index in [2.05, 4.69) is 19.1 Å². The minimum Gasteiger partial charge on any atom is -0.507 e. The second-order valence-corrected chi connectivity index (χ2v) is 9.63. The molecule has 0 saturated heterocycles. The molecule has 4 nitrogen and oxygen atoms in total. The normalized spacial score (nSPS) is 16.8. The summed E-state index contributed by atoms with van der Waals surface area (Å²) in [6, 6.07) is 33.7. The summed E-state index contributed by atoms with van der Waals surface area (Å²) >= 11 is 0. The molecule has 1 fully saturated rings. The molecule has 0 radical (unpaired) electrons. The highest BCUT2D eigenvalue weighted by molar-refractivity contribution is 6.09. The summed E-state index contributed by atoms with van der Waals surface area (Å²) in [6.07, 6.45) is 4.80. The lowest BCUT2D eigenvalue weighted by atomic mass is 9.92. The molecular formula is C33H36N2O2. The Morgan fingerprint density at radius 2 is 0.946 bits per heavy atom. The standard InChI is InChI=1S/C20H14O2.C7H8.C6H14N2/c21-17-11-9-13-5-1-3-7-15(13)19(17)20-16-8-4-2-6-14(16)10-12-18(20)22;1-7-5-3-2-4-6-7;7-5-3-1-2-4-6(5)8/h1-12,21-22H;2-6H,1H3;5-6H,1-4,7-8H2/t;;5-,6-/m..1/s1. The zero-order valence-electron chi connectivity index (χ0n) is 21.3. The van der Waals surface area contributed by atoms with Gasteiger partial charge in [-0.3, -0.25) is 0 Å². The maximum absolute atomic E-state index is 10.4. The van der Waals surface area contributed by atoms with E-state index in [1.54, 1.807) is 12.1 Å². The Labute approximate surface area is 219 Å². The number of aromatic hydroxyl groups is 2. The SMILES string of the molecule is Cc1ccccc1.N[C@@H]1CCCC[C@H]1N.Oc1ccc2ccccc2c1-c1c(O)ccc2ccccc12. The molecule has 0 amide bonds. The Balaban J connectivity index is 0.000000174. The molecule has 1 aliphatic carbocycles. The lowest BCUT2D eigenvalue weighted by Gasteiger charge is -2.24. The first-order valence-electron chi connectivity index (χ1n) is 12.9. The van der Waals surface area contributed by atoms with Crippen LogP contribution in [0.15, 0.2) is 103 Å². The Kier molecular flexibility index (Phi) is 8.78. The number of rotatable bonds is 1. The fraction of sp³-hybridized carbons (Fsp3) is 0.212. The third-order valence-corrected chi connectivity index (χ3v) is 6.88. The van der Waals surface area contributed by atoms with Crippen molar-refractivity contribution in [1.82, 2.24) is 0 Å². The van der Waals surface area contributed by atoms with Crippen LogP contribution in [0.3, 0.4) is 0 Å². The van der Waals surface area contributed by atoms with Crippen LogP contribution in [-0.2, 0) is 0 Å².